The third kappa shape index (κ3) is 5.00. The second-order valence-electron chi connectivity index (χ2n) is 5.31. The van der Waals surface area contributed by atoms with Gasteiger partial charge in [-0.15, -0.1) is 0 Å². The number of carbonyl (C=O) groups is 2. The molecule has 2 amide bonds. The Morgan fingerprint density at radius 3 is 2.60 bits per heavy atom. The smallest absolute Gasteiger partial charge is 0.223 e. The lowest BCUT2D eigenvalue weighted by atomic mass is 10.2. The molecular weight excluding hydrogens is 324 g/mol. The average molecular weight is 346 g/mol. The molecule has 7 nitrogen and oxygen atoms in total. The number of ether oxygens (including phenoxy) is 2. The lowest BCUT2D eigenvalue weighted by Crippen LogP contribution is -2.34. The summed E-state index contributed by atoms with van der Waals surface area (Å²) in [6, 6.07) is 8.72. The van der Waals surface area contributed by atoms with Crippen molar-refractivity contribution in [3.8, 4) is 11.5 Å². The highest BCUT2D eigenvalue weighted by Crippen LogP contribution is 2.32. The molecule has 0 aliphatic rings. The molecule has 0 spiro atoms. The Balaban J connectivity index is 2.03. The summed E-state index contributed by atoms with van der Waals surface area (Å²) in [5.74, 6) is 1.44. The molecule has 0 bridgehead atoms. The van der Waals surface area contributed by atoms with Crippen LogP contribution < -0.4 is 19.7 Å². The molecule has 0 aliphatic heterocycles. The molecule has 0 aliphatic carbocycles. The molecule has 0 unspecified atom stereocenters. The number of furan rings is 1. The highest BCUT2D eigenvalue weighted by atomic mass is 16.5. The summed E-state index contributed by atoms with van der Waals surface area (Å²) in [5, 5.41) is 2.76. The van der Waals surface area contributed by atoms with E-state index >= 15 is 0 Å². The van der Waals surface area contributed by atoms with Crippen LogP contribution in [-0.4, -0.2) is 32.6 Å². The summed E-state index contributed by atoms with van der Waals surface area (Å²) in [6.07, 6.45) is 1.70. The Morgan fingerprint density at radius 2 is 2.00 bits per heavy atom. The summed E-state index contributed by atoms with van der Waals surface area (Å²) in [6.45, 7) is 1.98. The first-order chi connectivity index (χ1) is 12.0. The molecule has 0 radical (unpaired) electrons. The van der Waals surface area contributed by atoms with Crippen molar-refractivity contribution in [2.75, 3.05) is 25.7 Å². The van der Waals surface area contributed by atoms with Crippen LogP contribution in [0.3, 0.4) is 0 Å². The van der Waals surface area contributed by atoms with Gasteiger partial charge in [-0.05, 0) is 24.3 Å². The van der Waals surface area contributed by atoms with Gasteiger partial charge in [0.15, 0.2) is 0 Å². The van der Waals surface area contributed by atoms with Crippen LogP contribution in [-0.2, 0) is 16.1 Å². The molecule has 0 fully saturated rings. The van der Waals surface area contributed by atoms with Crippen LogP contribution in [0.1, 0.15) is 19.1 Å². The fraction of sp³-hybridized carbons (Fsp3) is 0.333. The second kappa shape index (κ2) is 8.77. The normalized spacial score (nSPS) is 10.2. The monoisotopic (exact) mass is 346 g/mol. The Kier molecular flexibility index (Phi) is 6.45. The summed E-state index contributed by atoms with van der Waals surface area (Å²) >= 11 is 0. The first-order valence-electron chi connectivity index (χ1n) is 7.84. The van der Waals surface area contributed by atoms with Gasteiger partial charge in [0.05, 0.1) is 32.7 Å². The third-order valence-corrected chi connectivity index (χ3v) is 3.66. The van der Waals surface area contributed by atoms with Gasteiger partial charge >= 0.3 is 0 Å². The van der Waals surface area contributed by atoms with Crippen molar-refractivity contribution in [3.63, 3.8) is 0 Å². The number of carbonyl (C=O) groups excluding carboxylic acids is 2. The molecule has 0 atom stereocenters. The van der Waals surface area contributed by atoms with E-state index in [-0.39, 0.29) is 24.8 Å². The minimum atomic E-state index is -0.189. The minimum absolute atomic E-state index is 0.153. The third-order valence-electron chi connectivity index (χ3n) is 3.66. The lowest BCUT2D eigenvalue weighted by Gasteiger charge is -2.23. The largest absolute Gasteiger partial charge is 0.497 e. The Morgan fingerprint density at radius 1 is 1.20 bits per heavy atom. The number of hydrogen-bond acceptors (Lipinski definition) is 5. The van der Waals surface area contributed by atoms with Crippen molar-refractivity contribution >= 4 is 17.5 Å². The molecule has 0 saturated heterocycles. The molecule has 25 heavy (non-hydrogen) atoms. The first kappa shape index (κ1) is 18.4. The number of nitrogens with one attached hydrogen (secondary N) is 1. The van der Waals surface area contributed by atoms with Crippen LogP contribution in [0.15, 0.2) is 41.0 Å². The summed E-state index contributed by atoms with van der Waals surface area (Å²) in [4.78, 5) is 25.6. The van der Waals surface area contributed by atoms with Crippen molar-refractivity contribution in [1.29, 1.82) is 0 Å². The van der Waals surface area contributed by atoms with Crippen LogP contribution in [0.5, 0.6) is 11.5 Å². The van der Waals surface area contributed by atoms with E-state index in [1.807, 2.05) is 0 Å². The van der Waals surface area contributed by atoms with Gasteiger partial charge in [-0.3, -0.25) is 9.59 Å². The predicted octanol–water partition coefficient (Wildman–Crippen LogP) is 2.36. The highest BCUT2D eigenvalue weighted by Gasteiger charge is 2.18. The van der Waals surface area contributed by atoms with E-state index in [9.17, 15) is 9.59 Å². The van der Waals surface area contributed by atoms with E-state index < -0.39 is 0 Å². The standard InChI is InChI=1S/C18H22N2O5/c1-13(21)20(16-11-14(23-2)6-7-17(16)24-3)9-8-18(22)19-12-15-5-4-10-25-15/h4-7,10-11H,8-9,12H2,1-3H3,(H,19,22). The van der Waals surface area contributed by atoms with E-state index in [1.165, 1.54) is 18.9 Å². The molecule has 7 heteroatoms. The number of hydrogen-bond donors (Lipinski definition) is 1. The summed E-state index contributed by atoms with van der Waals surface area (Å²) in [5.41, 5.74) is 0.563. The zero-order valence-corrected chi connectivity index (χ0v) is 14.6. The van der Waals surface area contributed by atoms with Gasteiger partial charge in [0.25, 0.3) is 0 Å². The molecule has 1 N–H and O–H groups in total. The summed E-state index contributed by atoms with van der Waals surface area (Å²) in [7, 11) is 3.07. The quantitative estimate of drug-likeness (QED) is 0.793. The molecule has 134 valence electrons. The van der Waals surface area contributed by atoms with E-state index in [1.54, 1.807) is 43.7 Å². The predicted molar refractivity (Wildman–Crippen MR) is 92.7 cm³/mol. The fourth-order valence-electron chi connectivity index (χ4n) is 2.36. The second-order valence-corrected chi connectivity index (χ2v) is 5.31. The van der Waals surface area contributed by atoms with Crippen molar-refractivity contribution < 1.29 is 23.5 Å². The number of methoxy groups -OCH3 is 2. The zero-order valence-electron chi connectivity index (χ0n) is 14.6. The van der Waals surface area contributed by atoms with E-state index in [0.717, 1.165) is 0 Å². The Labute approximate surface area is 146 Å². The van der Waals surface area contributed by atoms with Gasteiger partial charge in [0.1, 0.15) is 17.3 Å². The van der Waals surface area contributed by atoms with E-state index in [0.29, 0.717) is 29.5 Å². The van der Waals surface area contributed by atoms with Crippen molar-refractivity contribution in [1.82, 2.24) is 5.32 Å². The van der Waals surface area contributed by atoms with Crippen LogP contribution in [0, 0.1) is 0 Å². The van der Waals surface area contributed by atoms with Gasteiger partial charge < -0.3 is 24.1 Å². The number of amides is 2. The maximum absolute atomic E-state index is 12.1. The molecule has 2 aromatic rings. The SMILES string of the molecule is COc1ccc(OC)c(N(CCC(=O)NCc2ccco2)C(C)=O)c1. The van der Waals surface area contributed by atoms with Crippen molar-refractivity contribution in [2.24, 2.45) is 0 Å². The van der Waals surface area contributed by atoms with Crippen LogP contribution in [0.4, 0.5) is 5.69 Å². The number of nitrogens with zero attached hydrogens (tertiary/aromatic N) is 1. The molecule has 1 heterocycles. The molecule has 0 saturated carbocycles. The lowest BCUT2D eigenvalue weighted by molar-refractivity contribution is -0.121. The number of anilines is 1. The van der Waals surface area contributed by atoms with Crippen molar-refractivity contribution in [3.05, 3.63) is 42.4 Å². The van der Waals surface area contributed by atoms with E-state index in [4.69, 9.17) is 13.9 Å². The van der Waals surface area contributed by atoms with Crippen LogP contribution >= 0.6 is 0 Å². The number of rotatable bonds is 8. The van der Waals surface area contributed by atoms with Gasteiger partial charge in [-0.25, -0.2) is 0 Å². The topological polar surface area (TPSA) is 81.0 Å². The highest BCUT2D eigenvalue weighted by molar-refractivity contribution is 5.94. The maximum Gasteiger partial charge on any atom is 0.223 e. The van der Waals surface area contributed by atoms with E-state index in [2.05, 4.69) is 5.32 Å². The first-order valence-corrected chi connectivity index (χ1v) is 7.84. The number of benzene rings is 1. The minimum Gasteiger partial charge on any atom is -0.497 e. The fourth-order valence-corrected chi connectivity index (χ4v) is 2.36. The van der Waals surface area contributed by atoms with Crippen LogP contribution in [0.25, 0.3) is 0 Å². The van der Waals surface area contributed by atoms with Gasteiger partial charge in [-0.2, -0.15) is 0 Å². The summed E-state index contributed by atoms with van der Waals surface area (Å²) < 4.78 is 15.7. The van der Waals surface area contributed by atoms with Crippen molar-refractivity contribution in [2.45, 2.75) is 19.9 Å². The molecule has 2 rings (SSSR count). The molecular formula is C18H22N2O5. The maximum atomic E-state index is 12.1. The zero-order chi connectivity index (χ0) is 18.2. The Hall–Kier alpha value is -2.96. The van der Waals surface area contributed by atoms with Crippen LogP contribution in [0.2, 0.25) is 0 Å². The Bertz CT molecular complexity index is 712. The van der Waals surface area contributed by atoms with Gasteiger partial charge in [-0.1, -0.05) is 0 Å². The van der Waals surface area contributed by atoms with Gasteiger partial charge in [0, 0.05) is 26.0 Å². The van der Waals surface area contributed by atoms with Gasteiger partial charge in [0.2, 0.25) is 11.8 Å². The average Bonchev–Trinajstić information content (AvgIpc) is 3.13. The molecule has 1 aromatic heterocycles. The molecule has 1 aromatic carbocycles.